The van der Waals surface area contributed by atoms with E-state index in [0.717, 1.165) is 11.1 Å². The van der Waals surface area contributed by atoms with Crippen molar-refractivity contribution in [3.63, 3.8) is 0 Å². The van der Waals surface area contributed by atoms with E-state index < -0.39 is 6.10 Å². The summed E-state index contributed by atoms with van der Waals surface area (Å²) in [5.74, 6) is 0.274. The Kier molecular flexibility index (Phi) is 6.53. The fourth-order valence-corrected chi connectivity index (χ4v) is 1.88. The Bertz CT molecular complexity index is 355. The predicted molar refractivity (Wildman–Crippen MR) is 64.3 cm³/mol. The number of aliphatic hydroxyl groups is 1. The van der Waals surface area contributed by atoms with Crippen LogP contribution in [0.25, 0.3) is 0 Å². The maximum atomic E-state index is 10.1. The number of hydrogen-bond donors (Lipinski definition) is 3. The molecule has 3 nitrogen and oxygen atoms in total. The highest BCUT2D eigenvalue weighted by Gasteiger charge is 2.20. The molecule has 0 amide bonds. The van der Waals surface area contributed by atoms with E-state index in [9.17, 15) is 10.2 Å². The van der Waals surface area contributed by atoms with Gasteiger partial charge >= 0.3 is 0 Å². The molecule has 1 aromatic carbocycles. The van der Waals surface area contributed by atoms with Crippen molar-refractivity contribution in [1.29, 1.82) is 0 Å². The van der Waals surface area contributed by atoms with Crippen LogP contribution in [0.2, 0.25) is 0 Å². The monoisotopic (exact) mass is 259 g/mol. The molecule has 0 aromatic heterocycles. The maximum Gasteiger partial charge on any atom is 0.130 e. The first-order valence-electron chi connectivity index (χ1n) is 5.74. The first-order valence-corrected chi connectivity index (χ1v) is 5.74. The van der Waals surface area contributed by atoms with Gasteiger partial charge in [0.1, 0.15) is 17.9 Å². The summed E-state index contributed by atoms with van der Waals surface area (Å²) in [5, 5.41) is 21.7. The van der Waals surface area contributed by atoms with Crippen molar-refractivity contribution in [3.8, 4) is 5.75 Å². The SMILES string of the molecule is Cc1cc(C(O)C(C)[NH2+]C(C)C)ccc1O.[Cl-]. The van der Waals surface area contributed by atoms with Gasteiger partial charge in [0.25, 0.3) is 0 Å². The van der Waals surface area contributed by atoms with Gasteiger partial charge in [-0.15, -0.1) is 0 Å². The van der Waals surface area contributed by atoms with Crippen molar-refractivity contribution in [2.45, 2.75) is 45.9 Å². The Morgan fingerprint density at radius 3 is 2.24 bits per heavy atom. The summed E-state index contributed by atoms with van der Waals surface area (Å²) in [7, 11) is 0. The summed E-state index contributed by atoms with van der Waals surface area (Å²) >= 11 is 0. The smallest absolute Gasteiger partial charge is 0.130 e. The van der Waals surface area contributed by atoms with E-state index in [-0.39, 0.29) is 24.2 Å². The number of aromatic hydroxyl groups is 1. The highest BCUT2D eigenvalue weighted by atomic mass is 35.5. The van der Waals surface area contributed by atoms with E-state index in [2.05, 4.69) is 19.2 Å². The molecule has 0 fully saturated rings. The second-order valence-corrected chi connectivity index (χ2v) is 4.79. The van der Waals surface area contributed by atoms with Gasteiger partial charge in [0.15, 0.2) is 0 Å². The van der Waals surface area contributed by atoms with Crippen LogP contribution in [0.4, 0.5) is 0 Å². The van der Waals surface area contributed by atoms with Gasteiger partial charge in [-0.25, -0.2) is 0 Å². The van der Waals surface area contributed by atoms with Gasteiger partial charge in [-0.3, -0.25) is 0 Å². The van der Waals surface area contributed by atoms with Crippen molar-refractivity contribution in [2.75, 3.05) is 0 Å². The van der Waals surface area contributed by atoms with Gasteiger partial charge in [-0.05, 0) is 51.0 Å². The third kappa shape index (κ3) is 4.54. The lowest BCUT2D eigenvalue weighted by Crippen LogP contribution is -3.00. The molecule has 1 rings (SSSR count). The molecule has 2 unspecified atom stereocenters. The fraction of sp³-hybridized carbons (Fsp3) is 0.538. The minimum atomic E-state index is -0.498. The molecule has 0 aliphatic rings. The van der Waals surface area contributed by atoms with Gasteiger partial charge in [0, 0.05) is 0 Å². The van der Waals surface area contributed by atoms with Crippen LogP contribution in [0.5, 0.6) is 5.75 Å². The largest absolute Gasteiger partial charge is 1.00 e. The van der Waals surface area contributed by atoms with Crippen LogP contribution in [0.1, 0.15) is 38.0 Å². The van der Waals surface area contributed by atoms with E-state index in [4.69, 9.17) is 0 Å². The molecule has 98 valence electrons. The van der Waals surface area contributed by atoms with E-state index in [1.807, 2.05) is 19.9 Å². The van der Waals surface area contributed by atoms with Gasteiger partial charge < -0.3 is 27.9 Å². The summed E-state index contributed by atoms with van der Waals surface area (Å²) in [6, 6.07) is 5.82. The zero-order chi connectivity index (χ0) is 12.3. The number of halogens is 1. The Labute approximate surface area is 109 Å². The highest BCUT2D eigenvalue weighted by Crippen LogP contribution is 2.22. The zero-order valence-corrected chi connectivity index (χ0v) is 11.6. The van der Waals surface area contributed by atoms with Gasteiger partial charge in [-0.1, -0.05) is 6.07 Å². The molecular formula is C13H22ClNO2. The molecular weight excluding hydrogens is 238 g/mol. The highest BCUT2D eigenvalue weighted by molar-refractivity contribution is 5.36. The van der Waals surface area contributed by atoms with Crippen molar-refractivity contribution >= 4 is 0 Å². The normalized spacial score (nSPS) is 14.2. The van der Waals surface area contributed by atoms with Gasteiger partial charge in [0.2, 0.25) is 0 Å². The predicted octanol–water partition coefficient (Wildman–Crippen LogP) is -1.90. The summed E-state index contributed by atoms with van der Waals surface area (Å²) < 4.78 is 0. The third-order valence-electron chi connectivity index (χ3n) is 2.75. The number of aliphatic hydroxyl groups excluding tert-OH is 1. The lowest BCUT2D eigenvalue weighted by atomic mass is 10.0. The number of benzene rings is 1. The summed E-state index contributed by atoms with van der Waals surface area (Å²) in [6.07, 6.45) is -0.498. The third-order valence-corrected chi connectivity index (χ3v) is 2.75. The number of phenols is 1. The molecule has 4 N–H and O–H groups in total. The second-order valence-electron chi connectivity index (χ2n) is 4.79. The van der Waals surface area contributed by atoms with E-state index in [1.54, 1.807) is 12.1 Å². The number of nitrogens with two attached hydrogens (primary N) is 1. The lowest BCUT2D eigenvalue weighted by Gasteiger charge is -2.20. The molecule has 0 heterocycles. The molecule has 0 radical (unpaired) electrons. The molecule has 0 aliphatic heterocycles. The summed E-state index contributed by atoms with van der Waals surface area (Å²) in [6.45, 7) is 8.05. The van der Waals surface area contributed by atoms with E-state index in [0.29, 0.717) is 6.04 Å². The molecule has 0 spiro atoms. The van der Waals surface area contributed by atoms with E-state index >= 15 is 0 Å². The molecule has 0 aliphatic carbocycles. The number of hydrogen-bond acceptors (Lipinski definition) is 2. The number of quaternary nitrogens is 1. The lowest BCUT2D eigenvalue weighted by molar-refractivity contribution is -0.720. The van der Waals surface area contributed by atoms with Gasteiger partial charge in [-0.2, -0.15) is 0 Å². The zero-order valence-electron chi connectivity index (χ0n) is 10.8. The van der Waals surface area contributed by atoms with Crippen LogP contribution >= 0.6 is 0 Å². The van der Waals surface area contributed by atoms with Crippen LogP contribution in [-0.4, -0.2) is 22.3 Å². The first kappa shape index (κ1) is 16.2. The van der Waals surface area contributed by atoms with Crippen molar-refractivity contribution in [3.05, 3.63) is 29.3 Å². The van der Waals surface area contributed by atoms with Crippen molar-refractivity contribution < 1.29 is 27.9 Å². The average Bonchev–Trinajstić information content (AvgIpc) is 2.20. The standard InChI is InChI=1S/C13H21NO2.ClH/c1-8(2)14-10(4)13(16)11-5-6-12(15)9(3)7-11;/h5-8,10,13-16H,1-4H3;1H. The average molecular weight is 260 g/mol. The number of rotatable bonds is 4. The van der Waals surface area contributed by atoms with E-state index in [1.165, 1.54) is 0 Å². The Hall–Kier alpha value is -0.770. The topological polar surface area (TPSA) is 57.1 Å². The Morgan fingerprint density at radius 2 is 1.76 bits per heavy atom. The molecule has 0 saturated heterocycles. The molecule has 0 bridgehead atoms. The Morgan fingerprint density at radius 1 is 1.18 bits per heavy atom. The van der Waals surface area contributed by atoms with Crippen LogP contribution in [-0.2, 0) is 0 Å². The van der Waals surface area contributed by atoms with Crippen LogP contribution in [0.15, 0.2) is 18.2 Å². The number of phenolic OH excluding ortho intramolecular Hbond substituents is 1. The fourth-order valence-electron chi connectivity index (χ4n) is 1.88. The second kappa shape index (κ2) is 6.84. The summed E-state index contributed by atoms with van der Waals surface area (Å²) in [5.41, 5.74) is 1.66. The summed E-state index contributed by atoms with van der Waals surface area (Å²) in [4.78, 5) is 0. The Balaban J connectivity index is 0.00000256. The molecule has 17 heavy (non-hydrogen) atoms. The minimum Gasteiger partial charge on any atom is -1.00 e. The minimum absolute atomic E-state index is 0. The van der Waals surface area contributed by atoms with Crippen molar-refractivity contribution in [2.24, 2.45) is 0 Å². The molecule has 2 atom stereocenters. The number of aryl methyl sites for hydroxylation is 1. The van der Waals surface area contributed by atoms with Crippen LogP contribution in [0, 0.1) is 6.92 Å². The molecule has 1 aromatic rings. The van der Waals surface area contributed by atoms with Crippen LogP contribution < -0.4 is 17.7 Å². The van der Waals surface area contributed by atoms with Gasteiger partial charge in [0.05, 0.1) is 6.04 Å². The quantitative estimate of drug-likeness (QED) is 0.592. The van der Waals surface area contributed by atoms with Crippen LogP contribution in [0.3, 0.4) is 0 Å². The molecule has 4 heteroatoms. The first-order chi connectivity index (χ1) is 7.41. The maximum absolute atomic E-state index is 10.1. The van der Waals surface area contributed by atoms with Crippen molar-refractivity contribution in [1.82, 2.24) is 0 Å². The molecule has 0 saturated carbocycles.